The zero-order valence-corrected chi connectivity index (χ0v) is 11.1. The molecule has 1 aliphatic rings. The van der Waals surface area contributed by atoms with Gasteiger partial charge < -0.3 is 14.7 Å². The van der Waals surface area contributed by atoms with E-state index in [-0.39, 0.29) is 17.8 Å². The minimum atomic E-state index is -0.328. The monoisotopic (exact) mass is 273 g/mol. The largest absolute Gasteiger partial charge is 0.396 e. The number of benzene rings is 1. The first-order chi connectivity index (χ1) is 8.54. The fraction of sp³-hybridized carbons (Fsp3) is 0.538. The minimum absolute atomic E-state index is 0.120. The van der Waals surface area contributed by atoms with Crippen LogP contribution in [0, 0.1) is 11.2 Å². The third-order valence-corrected chi connectivity index (χ3v) is 3.56. The lowest BCUT2D eigenvalue weighted by Crippen LogP contribution is -2.52. The molecule has 0 aromatic heterocycles. The van der Waals surface area contributed by atoms with Crippen molar-refractivity contribution in [2.24, 2.45) is 5.41 Å². The van der Waals surface area contributed by atoms with Gasteiger partial charge in [0.15, 0.2) is 0 Å². The van der Waals surface area contributed by atoms with Gasteiger partial charge in [0.1, 0.15) is 5.82 Å². The number of nitrogens with zero attached hydrogens (tertiary/aromatic N) is 1. The lowest BCUT2D eigenvalue weighted by Gasteiger charge is -2.42. The van der Waals surface area contributed by atoms with Crippen LogP contribution in [0.3, 0.4) is 0 Å². The third kappa shape index (κ3) is 3.01. The fourth-order valence-corrected chi connectivity index (χ4v) is 2.42. The molecule has 100 valence electrons. The van der Waals surface area contributed by atoms with Crippen LogP contribution in [0.2, 0.25) is 5.02 Å². The van der Waals surface area contributed by atoms with Gasteiger partial charge >= 0.3 is 0 Å². The molecule has 1 aromatic carbocycles. The molecule has 0 unspecified atom stereocenters. The first-order valence-corrected chi connectivity index (χ1v) is 6.23. The van der Waals surface area contributed by atoms with Crippen LogP contribution in [0.5, 0.6) is 0 Å². The Kier molecular flexibility index (Phi) is 4.22. The number of rotatable bonds is 5. The molecule has 0 atom stereocenters. The number of ether oxygens (including phenoxy) is 1. The molecule has 0 bridgehead atoms. The Labute approximate surface area is 111 Å². The van der Waals surface area contributed by atoms with Gasteiger partial charge in [0.25, 0.3) is 0 Å². The van der Waals surface area contributed by atoms with Crippen LogP contribution >= 0.6 is 11.6 Å². The second-order valence-electron chi connectivity index (χ2n) is 5.06. The predicted octanol–water partition coefficient (Wildman–Crippen LogP) is 1.92. The molecule has 2 rings (SSSR count). The zero-order valence-electron chi connectivity index (χ0n) is 10.3. The van der Waals surface area contributed by atoms with Crippen molar-refractivity contribution in [2.45, 2.75) is 6.54 Å². The van der Waals surface area contributed by atoms with E-state index in [4.69, 9.17) is 16.3 Å². The van der Waals surface area contributed by atoms with Crippen molar-refractivity contribution in [3.63, 3.8) is 0 Å². The van der Waals surface area contributed by atoms with E-state index in [1.165, 1.54) is 12.1 Å². The van der Waals surface area contributed by atoms with Crippen molar-refractivity contribution < 1.29 is 14.2 Å². The molecule has 0 saturated carbocycles. The summed E-state index contributed by atoms with van der Waals surface area (Å²) in [5, 5.41) is 9.80. The maximum absolute atomic E-state index is 12.9. The van der Waals surface area contributed by atoms with E-state index in [1.807, 2.05) is 7.05 Å². The van der Waals surface area contributed by atoms with E-state index in [2.05, 4.69) is 4.90 Å². The molecule has 0 spiro atoms. The minimum Gasteiger partial charge on any atom is -0.396 e. The van der Waals surface area contributed by atoms with Crippen molar-refractivity contribution in [1.82, 2.24) is 4.90 Å². The van der Waals surface area contributed by atoms with Crippen LogP contribution in [-0.2, 0) is 11.3 Å². The van der Waals surface area contributed by atoms with E-state index in [0.717, 1.165) is 12.1 Å². The van der Waals surface area contributed by atoms with Gasteiger partial charge in [-0.1, -0.05) is 17.7 Å². The van der Waals surface area contributed by atoms with Crippen LogP contribution in [0.15, 0.2) is 18.2 Å². The molecule has 5 heteroatoms. The Balaban J connectivity index is 1.96. The van der Waals surface area contributed by atoms with Gasteiger partial charge in [0, 0.05) is 18.1 Å². The van der Waals surface area contributed by atoms with Crippen molar-refractivity contribution in [3.8, 4) is 0 Å². The van der Waals surface area contributed by atoms with Crippen molar-refractivity contribution in [3.05, 3.63) is 34.6 Å². The first kappa shape index (κ1) is 13.7. The molecule has 1 aliphatic heterocycles. The SMILES string of the molecule is CN(Cc1ccc(F)cc1Cl)CC1(CO)COC1. The summed E-state index contributed by atoms with van der Waals surface area (Å²) in [5.74, 6) is -0.328. The van der Waals surface area contributed by atoms with Crippen LogP contribution in [0.4, 0.5) is 4.39 Å². The summed E-state index contributed by atoms with van der Waals surface area (Å²) in [6, 6.07) is 4.42. The molecular weight excluding hydrogens is 257 g/mol. The second kappa shape index (κ2) is 5.53. The molecule has 1 saturated heterocycles. The van der Waals surface area contributed by atoms with E-state index < -0.39 is 0 Å². The molecule has 1 N–H and O–H groups in total. The summed E-state index contributed by atoms with van der Waals surface area (Å²) in [7, 11) is 1.95. The lowest BCUT2D eigenvalue weighted by atomic mass is 9.86. The molecule has 1 aromatic rings. The molecule has 18 heavy (non-hydrogen) atoms. The maximum atomic E-state index is 12.9. The number of hydrogen-bond acceptors (Lipinski definition) is 3. The Morgan fingerprint density at radius 3 is 2.72 bits per heavy atom. The van der Waals surface area contributed by atoms with Gasteiger partial charge in [0.2, 0.25) is 0 Å². The van der Waals surface area contributed by atoms with Gasteiger partial charge in [-0.25, -0.2) is 4.39 Å². The lowest BCUT2D eigenvalue weighted by molar-refractivity contribution is -0.147. The normalized spacial score (nSPS) is 17.8. The second-order valence-corrected chi connectivity index (χ2v) is 5.47. The highest BCUT2D eigenvalue weighted by molar-refractivity contribution is 6.31. The van der Waals surface area contributed by atoms with Gasteiger partial charge in [-0.2, -0.15) is 0 Å². The van der Waals surface area contributed by atoms with Crippen molar-refractivity contribution in [1.29, 1.82) is 0 Å². The van der Waals surface area contributed by atoms with Crippen LogP contribution in [-0.4, -0.2) is 43.4 Å². The highest BCUT2D eigenvalue weighted by Gasteiger charge is 2.38. The maximum Gasteiger partial charge on any atom is 0.124 e. The van der Waals surface area contributed by atoms with Gasteiger partial charge in [-0.3, -0.25) is 0 Å². The highest BCUT2D eigenvalue weighted by Crippen LogP contribution is 2.28. The van der Waals surface area contributed by atoms with E-state index in [1.54, 1.807) is 6.07 Å². The molecule has 1 fully saturated rings. The first-order valence-electron chi connectivity index (χ1n) is 5.86. The van der Waals surface area contributed by atoms with E-state index in [9.17, 15) is 9.50 Å². The average Bonchev–Trinajstić information content (AvgIpc) is 2.27. The summed E-state index contributed by atoms with van der Waals surface area (Å²) < 4.78 is 18.1. The van der Waals surface area contributed by atoms with E-state index >= 15 is 0 Å². The van der Waals surface area contributed by atoms with E-state index in [0.29, 0.717) is 24.8 Å². The topological polar surface area (TPSA) is 32.7 Å². The molecule has 0 radical (unpaired) electrons. The standard InChI is InChI=1S/C13H17ClFNO2/c1-16(6-13(7-17)8-18-9-13)5-10-2-3-11(15)4-12(10)14/h2-4,17H,5-9H2,1H3. The Morgan fingerprint density at radius 1 is 1.50 bits per heavy atom. The summed E-state index contributed by atoms with van der Waals surface area (Å²) in [4.78, 5) is 2.07. The number of aliphatic hydroxyl groups excluding tert-OH is 1. The van der Waals surface area contributed by atoms with Gasteiger partial charge in [-0.15, -0.1) is 0 Å². The summed E-state index contributed by atoms with van der Waals surface area (Å²) >= 11 is 5.99. The fourth-order valence-electron chi connectivity index (χ4n) is 2.19. The molecule has 1 heterocycles. The van der Waals surface area contributed by atoms with Crippen LogP contribution in [0.1, 0.15) is 5.56 Å². The number of hydrogen-bond donors (Lipinski definition) is 1. The Hall–Kier alpha value is -0.680. The summed E-state index contributed by atoms with van der Waals surface area (Å²) in [5.41, 5.74) is 0.732. The third-order valence-electron chi connectivity index (χ3n) is 3.21. The summed E-state index contributed by atoms with van der Waals surface area (Å²) in [6.07, 6.45) is 0. The number of halogens is 2. The highest BCUT2D eigenvalue weighted by atomic mass is 35.5. The quantitative estimate of drug-likeness (QED) is 0.890. The predicted molar refractivity (Wildman–Crippen MR) is 68.1 cm³/mol. The molecule has 0 aliphatic carbocycles. The molecule has 0 amide bonds. The molecular formula is C13H17ClFNO2. The average molecular weight is 274 g/mol. The number of aliphatic hydroxyl groups is 1. The zero-order chi connectivity index (χ0) is 13.2. The van der Waals surface area contributed by atoms with Crippen molar-refractivity contribution in [2.75, 3.05) is 33.4 Å². The van der Waals surface area contributed by atoms with Crippen LogP contribution < -0.4 is 0 Å². The smallest absolute Gasteiger partial charge is 0.124 e. The van der Waals surface area contributed by atoms with Gasteiger partial charge in [0.05, 0.1) is 25.2 Å². The van der Waals surface area contributed by atoms with Crippen molar-refractivity contribution >= 4 is 11.6 Å². The molecule has 3 nitrogen and oxygen atoms in total. The summed E-state index contributed by atoms with van der Waals surface area (Å²) in [6.45, 7) is 2.66. The van der Waals surface area contributed by atoms with Crippen LogP contribution in [0.25, 0.3) is 0 Å². The Bertz CT molecular complexity index is 418. The Morgan fingerprint density at radius 2 is 2.22 bits per heavy atom. The van der Waals surface area contributed by atoms with Gasteiger partial charge in [-0.05, 0) is 24.7 Å².